The van der Waals surface area contributed by atoms with Crippen LogP contribution in [0, 0.1) is 0 Å². The van der Waals surface area contributed by atoms with E-state index in [1.54, 1.807) is 0 Å². The smallest absolute Gasteiger partial charge is 0.0587 e. The fourth-order valence-electron chi connectivity index (χ4n) is 1.54. The molecular formula is C8H13Cl2NO. The van der Waals surface area contributed by atoms with E-state index >= 15 is 0 Å². The molecule has 0 unspecified atom stereocenters. The molecule has 0 aliphatic carbocycles. The Morgan fingerprint density at radius 3 is 3.00 bits per heavy atom. The highest BCUT2D eigenvalue weighted by atomic mass is 35.5. The van der Waals surface area contributed by atoms with Gasteiger partial charge in [0, 0.05) is 23.2 Å². The van der Waals surface area contributed by atoms with E-state index in [-0.39, 0.29) is 12.6 Å². The van der Waals surface area contributed by atoms with Gasteiger partial charge < -0.3 is 5.11 Å². The Kier molecular flexibility index (Phi) is 4.36. The van der Waals surface area contributed by atoms with Gasteiger partial charge in [-0.1, -0.05) is 23.2 Å². The summed E-state index contributed by atoms with van der Waals surface area (Å²) >= 11 is 11.2. The molecule has 1 aliphatic heterocycles. The summed E-state index contributed by atoms with van der Waals surface area (Å²) in [6, 6.07) is 0.273. The van der Waals surface area contributed by atoms with E-state index in [1.807, 2.05) is 0 Å². The molecule has 0 aromatic rings. The summed E-state index contributed by atoms with van der Waals surface area (Å²) in [6.45, 7) is 1.88. The van der Waals surface area contributed by atoms with Crippen LogP contribution >= 0.6 is 23.2 Å². The summed E-state index contributed by atoms with van der Waals surface area (Å²) < 4.78 is 0. The van der Waals surface area contributed by atoms with Gasteiger partial charge in [-0.15, -0.1) is 0 Å². The van der Waals surface area contributed by atoms with Crippen molar-refractivity contribution in [1.82, 2.24) is 4.90 Å². The molecule has 4 heteroatoms. The minimum atomic E-state index is 0.215. The van der Waals surface area contributed by atoms with Crippen LogP contribution in [0.3, 0.4) is 0 Å². The molecule has 1 N–H and O–H groups in total. The summed E-state index contributed by atoms with van der Waals surface area (Å²) in [5, 5.41) is 9.62. The molecule has 0 saturated carbocycles. The highest BCUT2D eigenvalue weighted by molar-refractivity contribution is 6.36. The Bertz CT molecular complexity index is 172. The summed E-state index contributed by atoms with van der Waals surface area (Å²) in [5.41, 5.74) is 1.38. The second kappa shape index (κ2) is 5.07. The van der Waals surface area contributed by atoms with Gasteiger partial charge in [-0.25, -0.2) is 0 Å². The Hall–Kier alpha value is 0.240. The lowest BCUT2D eigenvalue weighted by atomic mass is 10.2. The van der Waals surface area contributed by atoms with Gasteiger partial charge in [-0.3, -0.25) is 4.90 Å². The number of hydrogen-bond acceptors (Lipinski definition) is 2. The van der Waals surface area contributed by atoms with Gasteiger partial charge in [0.25, 0.3) is 0 Å². The highest BCUT2D eigenvalue weighted by Crippen LogP contribution is 2.19. The molecule has 0 aromatic heterocycles. The lowest BCUT2D eigenvalue weighted by molar-refractivity contribution is 0.169. The van der Waals surface area contributed by atoms with Crippen molar-refractivity contribution in [1.29, 1.82) is 0 Å². The minimum Gasteiger partial charge on any atom is -0.395 e. The monoisotopic (exact) mass is 209 g/mol. The van der Waals surface area contributed by atoms with E-state index < -0.39 is 0 Å². The second-order valence-electron chi connectivity index (χ2n) is 3.01. The van der Waals surface area contributed by atoms with E-state index in [9.17, 15) is 0 Å². The van der Waals surface area contributed by atoms with Crippen LogP contribution in [-0.4, -0.2) is 35.7 Å². The molecule has 0 bridgehead atoms. The number of hydrogen-bond donors (Lipinski definition) is 1. The fraction of sp³-hybridized carbons (Fsp3) is 0.750. The number of halogens is 2. The number of aliphatic hydroxyl groups is 1. The van der Waals surface area contributed by atoms with Crippen molar-refractivity contribution in [2.24, 2.45) is 0 Å². The van der Waals surface area contributed by atoms with Crippen LogP contribution in [0.25, 0.3) is 0 Å². The first-order valence-electron chi connectivity index (χ1n) is 4.07. The average molecular weight is 210 g/mol. The molecular weight excluding hydrogens is 197 g/mol. The first-order valence-corrected chi connectivity index (χ1v) is 4.89. The fourth-order valence-corrected chi connectivity index (χ4v) is 1.76. The molecule has 12 heavy (non-hydrogen) atoms. The van der Waals surface area contributed by atoms with E-state index in [0.717, 1.165) is 19.4 Å². The maximum absolute atomic E-state index is 8.98. The molecule has 0 amide bonds. The standard InChI is InChI=1S/C8H13Cl2NO/c9-4-7(10)5-11-3-1-2-8(11)6-12/h4,8,12H,1-3,5-6H2/t8-/m0/s1. The predicted octanol–water partition coefficient (Wildman–Crippen LogP) is 1.76. The van der Waals surface area contributed by atoms with Crippen LogP contribution in [0.5, 0.6) is 0 Å². The first-order chi connectivity index (χ1) is 5.77. The van der Waals surface area contributed by atoms with Gasteiger partial charge >= 0.3 is 0 Å². The molecule has 1 heterocycles. The average Bonchev–Trinajstić information content (AvgIpc) is 2.51. The van der Waals surface area contributed by atoms with E-state index in [4.69, 9.17) is 28.3 Å². The summed E-state index contributed by atoms with van der Waals surface area (Å²) in [4.78, 5) is 2.15. The maximum atomic E-state index is 8.98. The number of likely N-dealkylation sites (tertiary alicyclic amines) is 1. The van der Waals surface area contributed by atoms with Gasteiger partial charge in [-0.05, 0) is 19.4 Å². The number of aliphatic hydroxyl groups excluding tert-OH is 1. The van der Waals surface area contributed by atoms with Crippen LogP contribution in [0.15, 0.2) is 10.6 Å². The molecule has 1 fully saturated rings. The topological polar surface area (TPSA) is 23.5 Å². The molecule has 1 saturated heterocycles. The third-order valence-electron chi connectivity index (χ3n) is 2.18. The largest absolute Gasteiger partial charge is 0.395 e. The second-order valence-corrected chi connectivity index (χ2v) is 3.71. The SMILES string of the molecule is OC[C@@H]1CCCN1CC(Cl)=CCl. The zero-order valence-corrected chi connectivity index (χ0v) is 8.35. The van der Waals surface area contributed by atoms with Gasteiger partial charge in [-0.2, -0.15) is 0 Å². The maximum Gasteiger partial charge on any atom is 0.0587 e. The van der Waals surface area contributed by atoms with E-state index in [0.29, 0.717) is 11.6 Å². The van der Waals surface area contributed by atoms with E-state index in [1.165, 1.54) is 5.54 Å². The van der Waals surface area contributed by atoms with E-state index in [2.05, 4.69) is 4.90 Å². The van der Waals surface area contributed by atoms with Crippen molar-refractivity contribution in [2.75, 3.05) is 19.7 Å². The quantitative estimate of drug-likeness (QED) is 0.767. The summed E-state index contributed by atoms with van der Waals surface area (Å²) in [6.07, 6.45) is 2.20. The molecule has 0 spiro atoms. The number of rotatable bonds is 3. The van der Waals surface area contributed by atoms with Crippen LogP contribution in [0.4, 0.5) is 0 Å². The van der Waals surface area contributed by atoms with Crippen LogP contribution < -0.4 is 0 Å². The van der Waals surface area contributed by atoms with Crippen molar-refractivity contribution in [3.8, 4) is 0 Å². The Morgan fingerprint density at radius 2 is 2.42 bits per heavy atom. The zero-order chi connectivity index (χ0) is 8.97. The zero-order valence-electron chi connectivity index (χ0n) is 6.84. The normalized spacial score (nSPS) is 26.6. The Balaban J connectivity index is 2.40. The van der Waals surface area contributed by atoms with Gasteiger partial charge in [0.2, 0.25) is 0 Å². The molecule has 1 rings (SSSR count). The summed E-state index contributed by atoms with van der Waals surface area (Å²) in [5.74, 6) is 0. The van der Waals surface area contributed by atoms with Crippen LogP contribution in [0.2, 0.25) is 0 Å². The minimum absolute atomic E-state index is 0.215. The first kappa shape index (κ1) is 10.3. The molecule has 1 atom stereocenters. The highest BCUT2D eigenvalue weighted by Gasteiger charge is 2.23. The van der Waals surface area contributed by atoms with Crippen LogP contribution in [0.1, 0.15) is 12.8 Å². The molecule has 70 valence electrons. The molecule has 1 aliphatic rings. The molecule has 0 aromatic carbocycles. The van der Waals surface area contributed by atoms with Crippen LogP contribution in [-0.2, 0) is 0 Å². The Labute approximate surface area is 82.8 Å². The van der Waals surface area contributed by atoms with Gasteiger partial charge in [0.1, 0.15) is 0 Å². The molecule has 2 nitrogen and oxygen atoms in total. The molecule has 0 radical (unpaired) electrons. The van der Waals surface area contributed by atoms with Gasteiger partial charge in [0.15, 0.2) is 0 Å². The predicted molar refractivity (Wildman–Crippen MR) is 51.5 cm³/mol. The third-order valence-corrected chi connectivity index (χ3v) is 2.79. The van der Waals surface area contributed by atoms with Crippen molar-refractivity contribution in [2.45, 2.75) is 18.9 Å². The lowest BCUT2D eigenvalue weighted by Gasteiger charge is -2.21. The number of nitrogens with zero attached hydrogens (tertiary/aromatic N) is 1. The third kappa shape index (κ3) is 2.63. The summed E-state index contributed by atoms with van der Waals surface area (Å²) in [7, 11) is 0. The van der Waals surface area contributed by atoms with Crippen molar-refractivity contribution in [3.63, 3.8) is 0 Å². The Morgan fingerprint density at radius 1 is 1.67 bits per heavy atom. The van der Waals surface area contributed by atoms with Crippen molar-refractivity contribution >= 4 is 23.2 Å². The lowest BCUT2D eigenvalue weighted by Crippen LogP contribution is -2.33. The van der Waals surface area contributed by atoms with Crippen molar-refractivity contribution in [3.05, 3.63) is 10.6 Å². The van der Waals surface area contributed by atoms with Crippen molar-refractivity contribution < 1.29 is 5.11 Å². The van der Waals surface area contributed by atoms with Gasteiger partial charge in [0.05, 0.1) is 6.61 Å².